The van der Waals surface area contributed by atoms with Crippen molar-refractivity contribution in [2.45, 2.75) is 39.5 Å². The number of hydrogen-bond donors (Lipinski definition) is 0. The van der Waals surface area contributed by atoms with Crippen molar-refractivity contribution in [3.63, 3.8) is 0 Å². The number of fused-ring (bicyclic) bond motifs is 2. The fourth-order valence-corrected chi connectivity index (χ4v) is 10.7. The molecular weight excluding hydrogens is 570 g/mol. The molecule has 1 fully saturated rings. The van der Waals surface area contributed by atoms with E-state index in [2.05, 4.69) is 0 Å². The molecule has 0 unspecified atom stereocenters. The van der Waals surface area contributed by atoms with Crippen LogP contribution in [0.1, 0.15) is 11.1 Å². The lowest BCUT2D eigenvalue weighted by Gasteiger charge is -2.51. The fourth-order valence-electron chi connectivity index (χ4n) is 5.87. The molecule has 1 amide bonds. The predicted molar refractivity (Wildman–Crippen MR) is 158 cm³/mol. The van der Waals surface area contributed by atoms with Crippen LogP contribution in [-0.4, -0.2) is 44.2 Å². The first-order chi connectivity index (χ1) is 20.3. The average molecular weight is 600 g/mol. The SMILES string of the molecule is O=C1[C@@H]2C=C(OCc3ccccc3)[C@@H]([C@@H](S(=O)(=O)c3ccccc3)[C@@H]2S(=O)(=O)c2ccccc2)N1Cc1ccccc1. The van der Waals surface area contributed by atoms with Crippen LogP contribution in [0, 0.1) is 5.92 Å². The van der Waals surface area contributed by atoms with Crippen LogP contribution in [0.4, 0.5) is 0 Å². The Morgan fingerprint density at radius 3 is 1.57 bits per heavy atom. The molecule has 9 heteroatoms. The molecule has 7 nitrogen and oxygen atoms in total. The van der Waals surface area contributed by atoms with E-state index in [1.807, 2.05) is 60.7 Å². The summed E-state index contributed by atoms with van der Waals surface area (Å²) in [6.45, 7) is 0.239. The molecule has 4 aromatic carbocycles. The van der Waals surface area contributed by atoms with E-state index < -0.39 is 48.0 Å². The summed E-state index contributed by atoms with van der Waals surface area (Å²) >= 11 is 0. The van der Waals surface area contributed by atoms with Crippen LogP contribution in [0.2, 0.25) is 0 Å². The van der Waals surface area contributed by atoms with E-state index in [9.17, 15) is 21.6 Å². The maximum atomic E-state index is 14.5. The topological polar surface area (TPSA) is 97.8 Å². The third-order valence-corrected chi connectivity index (χ3v) is 12.4. The summed E-state index contributed by atoms with van der Waals surface area (Å²) in [7, 11) is -8.57. The van der Waals surface area contributed by atoms with Crippen molar-refractivity contribution in [1.82, 2.24) is 4.90 Å². The first kappa shape index (κ1) is 27.9. The number of rotatable bonds is 9. The number of sulfone groups is 2. The molecule has 0 saturated carbocycles. The highest BCUT2D eigenvalue weighted by atomic mass is 32.2. The smallest absolute Gasteiger partial charge is 0.231 e. The average Bonchev–Trinajstić information content (AvgIpc) is 3.03. The molecule has 4 aromatic rings. The maximum absolute atomic E-state index is 14.5. The minimum Gasteiger partial charge on any atom is -0.491 e. The van der Waals surface area contributed by atoms with Gasteiger partial charge in [-0.3, -0.25) is 4.79 Å². The van der Waals surface area contributed by atoms with Gasteiger partial charge in [-0.25, -0.2) is 16.8 Å². The highest BCUT2D eigenvalue weighted by molar-refractivity contribution is 7.96. The van der Waals surface area contributed by atoms with E-state index in [0.717, 1.165) is 11.1 Å². The Hall–Kier alpha value is -4.21. The van der Waals surface area contributed by atoms with Gasteiger partial charge in [0.2, 0.25) is 5.91 Å². The van der Waals surface area contributed by atoms with Crippen molar-refractivity contribution in [1.29, 1.82) is 0 Å². The summed E-state index contributed by atoms with van der Waals surface area (Å²) < 4.78 is 63.8. The molecule has 3 aliphatic rings. The molecule has 1 saturated heterocycles. The van der Waals surface area contributed by atoms with E-state index in [1.165, 1.54) is 35.2 Å². The van der Waals surface area contributed by atoms with Crippen LogP contribution < -0.4 is 0 Å². The Kier molecular flexibility index (Phi) is 7.47. The van der Waals surface area contributed by atoms with Crippen molar-refractivity contribution in [3.05, 3.63) is 144 Å². The van der Waals surface area contributed by atoms with Gasteiger partial charge in [0, 0.05) is 6.54 Å². The first-order valence-electron chi connectivity index (χ1n) is 13.6. The van der Waals surface area contributed by atoms with E-state index in [0.29, 0.717) is 0 Å². The van der Waals surface area contributed by atoms with Crippen molar-refractivity contribution < 1.29 is 26.4 Å². The number of carbonyl (C=O) groups is 1. The highest BCUT2D eigenvalue weighted by Crippen LogP contribution is 2.46. The zero-order valence-electron chi connectivity index (χ0n) is 22.6. The summed E-state index contributed by atoms with van der Waals surface area (Å²) in [6.07, 6.45) is 1.53. The van der Waals surface area contributed by atoms with Crippen LogP contribution in [0.25, 0.3) is 0 Å². The lowest BCUT2D eigenvalue weighted by molar-refractivity contribution is -0.142. The fraction of sp³-hybridized carbons (Fsp3) is 0.182. The van der Waals surface area contributed by atoms with E-state index >= 15 is 0 Å². The molecule has 1 aliphatic carbocycles. The zero-order chi connectivity index (χ0) is 29.3. The number of benzene rings is 4. The molecule has 2 bridgehead atoms. The van der Waals surface area contributed by atoms with E-state index in [4.69, 9.17) is 4.74 Å². The normalized spacial score (nSPS) is 22.0. The number of piperidine rings is 1. The monoisotopic (exact) mass is 599 g/mol. The number of amides is 1. The number of carbonyl (C=O) groups excluding carboxylic acids is 1. The van der Waals surface area contributed by atoms with Crippen molar-refractivity contribution in [2.75, 3.05) is 0 Å². The highest BCUT2D eigenvalue weighted by Gasteiger charge is 2.62. The summed E-state index contributed by atoms with van der Waals surface area (Å²) in [5.41, 5.74) is 1.65. The molecule has 2 aliphatic heterocycles. The molecule has 0 spiro atoms. The third-order valence-electron chi connectivity index (χ3n) is 7.83. The minimum atomic E-state index is -4.29. The molecule has 7 rings (SSSR count). The number of ether oxygens (including phenoxy) is 1. The molecule has 42 heavy (non-hydrogen) atoms. The third kappa shape index (κ3) is 5.03. The Morgan fingerprint density at radius 2 is 1.05 bits per heavy atom. The van der Waals surface area contributed by atoms with Gasteiger partial charge in [0.1, 0.15) is 28.9 Å². The van der Waals surface area contributed by atoms with Gasteiger partial charge >= 0.3 is 0 Å². The second-order valence-electron chi connectivity index (χ2n) is 10.4. The molecule has 0 N–H and O–H groups in total. The van der Waals surface area contributed by atoms with Crippen molar-refractivity contribution in [2.24, 2.45) is 5.92 Å². The van der Waals surface area contributed by atoms with Gasteiger partial charge in [-0.05, 0) is 41.5 Å². The number of hydrogen-bond acceptors (Lipinski definition) is 6. The lowest BCUT2D eigenvalue weighted by Crippen LogP contribution is -2.68. The number of nitrogens with zero attached hydrogens (tertiary/aromatic N) is 1. The summed E-state index contributed by atoms with van der Waals surface area (Å²) in [5, 5.41) is -3.05. The summed E-state index contributed by atoms with van der Waals surface area (Å²) in [4.78, 5) is 15.5. The van der Waals surface area contributed by atoms with Crippen LogP contribution in [-0.2, 0) is 42.4 Å². The van der Waals surface area contributed by atoms with Crippen LogP contribution in [0.3, 0.4) is 0 Å². The van der Waals surface area contributed by atoms with Gasteiger partial charge in [-0.15, -0.1) is 0 Å². The standard InChI is InChI=1S/C33H29NO6S2/c35-33-28-21-29(40-23-25-15-7-2-8-16-25)30(34(33)22-24-13-5-1-6-14-24)32(42(38,39)27-19-11-4-12-20-27)31(28)41(36,37)26-17-9-3-10-18-26/h1-21,28,30-32H,22-23H2/t28-,30+,31-,32-/m1/s1. The first-order valence-corrected chi connectivity index (χ1v) is 16.7. The zero-order valence-corrected chi connectivity index (χ0v) is 24.2. The Balaban J connectivity index is 1.53. The van der Waals surface area contributed by atoms with Gasteiger partial charge < -0.3 is 9.64 Å². The maximum Gasteiger partial charge on any atom is 0.231 e. The Bertz CT molecular complexity index is 1810. The van der Waals surface area contributed by atoms with Crippen molar-refractivity contribution >= 4 is 25.6 Å². The van der Waals surface area contributed by atoms with Gasteiger partial charge in [0.05, 0.1) is 15.7 Å². The van der Waals surface area contributed by atoms with E-state index in [-0.39, 0.29) is 28.7 Å². The molecule has 0 radical (unpaired) electrons. The minimum absolute atomic E-state index is 0.00895. The Labute approximate surface area is 245 Å². The Morgan fingerprint density at radius 1 is 0.595 bits per heavy atom. The van der Waals surface area contributed by atoms with Gasteiger partial charge in [-0.1, -0.05) is 97.1 Å². The summed E-state index contributed by atoms with van der Waals surface area (Å²) in [5.74, 6) is -1.43. The van der Waals surface area contributed by atoms with E-state index in [1.54, 1.807) is 36.4 Å². The molecule has 2 heterocycles. The van der Waals surface area contributed by atoms with Gasteiger partial charge in [0.15, 0.2) is 19.7 Å². The van der Waals surface area contributed by atoms with Gasteiger partial charge in [0.25, 0.3) is 0 Å². The lowest BCUT2D eigenvalue weighted by atomic mass is 9.82. The molecule has 214 valence electrons. The van der Waals surface area contributed by atoms with Crippen molar-refractivity contribution in [3.8, 4) is 0 Å². The molecular formula is C33H29NO6S2. The predicted octanol–water partition coefficient (Wildman–Crippen LogP) is 4.81. The van der Waals surface area contributed by atoms with Crippen LogP contribution >= 0.6 is 0 Å². The quantitative estimate of drug-likeness (QED) is 0.274. The van der Waals surface area contributed by atoms with Crippen LogP contribution in [0.15, 0.2) is 143 Å². The largest absolute Gasteiger partial charge is 0.491 e. The van der Waals surface area contributed by atoms with Gasteiger partial charge in [-0.2, -0.15) is 0 Å². The summed E-state index contributed by atoms with van der Waals surface area (Å²) in [6, 6.07) is 33.0. The second-order valence-corrected chi connectivity index (χ2v) is 14.6. The molecule has 0 aromatic heterocycles. The second kappa shape index (κ2) is 11.2. The van der Waals surface area contributed by atoms with Crippen LogP contribution in [0.5, 0.6) is 0 Å². The molecule has 4 atom stereocenters.